The Morgan fingerprint density at radius 3 is 2.56 bits per heavy atom. The number of hydrogen-bond acceptors (Lipinski definition) is 4. The van der Waals surface area contributed by atoms with Crippen LogP contribution in [0.4, 0.5) is 10.5 Å². The number of anilines is 1. The van der Waals surface area contributed by atoms with Gasteiger partial charge in [-0.3, -0.25) is 0 Å². The molecule has 0 bridgehead atoms. The summed E-state index contributed by atoms with van der Waals surface area (Å²) in [5.41, 5.74) is 6.13. The van der Waals surface area contributed by atoms with E-state index >= 15 is 0 Å². The Morgan fingerprint density at radius 1 is 1.25 bits per heavy atom. The maximum absolute atomic E-state index is 11.2. The molecule has 0 fully saturated rings. The maximum atomic E-state index is 11.2. The molecule has 0 aromatic heterocycles. The molecular weight excluding hydrogens is 206 g/mol. The quantitative estimate of drug-likeness (QED) is 0.361. The van der Waals surface area contributed by atoms with E-state index in [4.69, 9.17) is 15.2 Å². The second-order valence-corrected chi connectivity index (χ2v) is 3.48. The van der Waals surface area contributed by atoms with E-state index in [1.54, 1.807) is 24.3 Å². The van der Waals surface area contributed by atoms with Gasteiger partial charge in [0, 0.05) is 5.69 Å². The minimum Gasteiger partial charge on any atom is -0.434 e. The summed E-state index contributed by atoms with van der Waals surface area (Å²) in [6.45, 7) is 2.49. The van der Waals surface area contributed by atoms with Gasteiger partial charge in [0.15, 0.2) is 0 Å². The molecule has 4 heteroatoms. The first-order chi connectivity index (χ1) is 7.72. The van der Waals surface area contributed by atoms with Crippen LogP contribution in [0.5, 0.6) is 5.75 Å². The summed E-state index contributed by atoms with van der Waals surface area (Å²) in [6, 6.07) is 6.59. The number of benzene rings is 1. The molecule has 0 saturated carbocycles. The Bertz CT molecular complexity index is 322. The van der Waals surface area contributed by atoms with Crippen molar-refractivity contribution in [2.24, 2.45) is 0 Å². The molecule has 1 aromatic carbocycles. The van der Waals surface area contributed by atoms with Crippen LogP contribution >= 0.6 is 0 Å². The van der Waals surface area contributed by atoms with E-state index in [9.17, 15) is 4.79 Å². The van der Waals surface area contributed by atoms with Gasteiger partial charge >= 0.3 is 6.16 Å². The molecule has 4 nitrogen and oxygen atoms in total. The molecule has 0 saturated heterocycles. The van der Waals surface area contributed by atoms with Crippen molar-refractivity contribution < 1.29 is 14.3 Å². The predicted molar refractivity (Wildman–Crippen MR) is 62.4 cm³/mol. The summed E-state index contributed by atoms with van der Waals surface area (Å²) >= 11 is 0. The summed E-state index contributed by atoms with van der Waals surface area (Å²) in [4.78, 5) is 11.2. The lowest BCUT2D eigenvalue weighted by Gasteiger charge is -2.05. The smallest absolute Gasteiger partial charge is 0.434 e. The maximum Gasteiger partial charge on any atom is 0.513 e. The molecule has 0 atom stereocenters. The molecule has 0 unspecified atom stereocenters. The van der Waals surface area contributed by atoms with Gasteiger partial charge in [0.1, 0.15) is 5.75 Å². The van der Waals surface area contributed by atoms with Crippen LogP contribution < -0.4 is 10.5 Å². The van der Waals surface area contributed by atoms with Gasteiger partial charge in [-0.1, -0.05) is 19.8 Å². The highest BCUT2D eigenvalue weighted by Gasteiger charge is 2.04. The van der Waals surface area contributed by atoms with Gasteiger partial charge in [0.05, 0.1) is 6.61 Å². The van der Waals surface area contributed by atoms with Crippen LogP contribution in [0.15, 0.2) is 24.3 Å². The fraction of sp³-hybridized carbons (Fsp3) is 0.417. The van der Waals surface area contributed by atoms with Crippen molar-refractivity contribution in [1.29, 1.82) is 0 Å². The molecular formula is C12H17NO3. The number of hydrogen-bond donors (Lipinski definition) is 1. The molecule has 0 aliphatic carbocycles. The molecule has 0 radical (unpaired) electrons. The van der Waals surface area contributed by atoms with E-state index in [2.05, 4.69) is 6.92 Å². The topological polar surface area (TPSA) is 61.5 Å². The third kappa shape index (κ3) is 4.68. The molecule has 16 heavy (non-hydrogen) atoms. The minimum atomic E-state index is -0.666. The average Bonchev–Trinajstić information content (AvgIpc) is 2.28. The van der Waals surface area contributed by atoms with Crippen LogP contribution in [0.1, 0.15) is 26.2 Å². The minimum absolute atomic E-state index is 0.404. The number of nitrogen functional groups attached to an aromatic ring is 1. The summed E-state index contributed by atoms with van der Waals surface area (Å²) in [5.74, 6) is 0.440. The van der Waals surface area contributed by atoms with E-state index < -0.39 is 6.16 Å². The second kappa shape index (κ2) is 6.71. The number of carbonyl (C=O) groups excluding carboxylic acids is 1. The fourth-order valence-electron chi connectivity index (χ4n) is 1.17. The standard InChI is InChI=1S/C12H17NO3/c1-2-3-4-9-15-12(14)16-11-7-5-10(13)6-8-11/h5-8H,2-4,9,13H2,1H3. The first-order valence-corrected chi connectivity index (χ1v) is 5.42. The Morgan fingerprint density at radius 2 is 1.94 bits per heavy atom. The zero-order valence-electron chi connectivity index (χ0n) is 9.44. The van der Waals surface area contributed by atoms with Crippen molar-refractivity contribution in [2.45, 2.75) is 26.2 Å². The van der Waals surface area contributed by atoms with Crippen LogP contribution in [0.3, 0.4) is 0 Å². The van der Waals surface area contributed by atoms with Crippen molar-refractivity contribution in [3.05, 3.63) is 24.3 Å². The van der Waals surface area contributed by atoms with Crippen molar-refractivity contribution in [3.8, 4) is 5.75 Å². The molecule has 0 aliphatic heterocycles. The summed E-state index contributed by atoms with van der Waals surface area (Å²) in [7, 11) is 0. The van der Waals surface area contributed by atoms with Crippen molar-refractivity contribution in [2.75, 3.05) is 12.3 Å². The Balaban J connectivity index is 2.26. The highest BCUT2D eigenvalue weighted by molar-refractivity contribution is 5.64. The SMILES string of the molecule is CCCCCOC(=O)Oc1ccc(N)cc1. The summed E-state index contributed by atoms with van der Waals surface area (Å²) in [6.07, 6.45) is 2.35. The van der Waals surface area contributed by atoms with Gasteiger partial charge in [-0.2, -0.15) is 0 Å². The third-order valence-electron chi connectivity index (χ3n) is 2.05. The van der Waals surface area contributed by atoms with Gasteiger partial charge in [-0.25, -0.2) is 4.79 Å². The lowest BCUT2D eigenvalue weighted by atomic mass is 10.3. The highest BCUT2D eigenvalue weighted by Crippen LogP contribution is 2.13. The zero-order chi connectivity index (χ0) is 11.8. The number of ether oxygens (including phenoxy) is 2. The van der Waals surface area contributed by atoms with E-state index in [1.165, 1.54) is 0 Å². The van der Waals surface area contributed by atoms with E-state index in [0.29, 0.717) is 18.0 Å². The highest BCUT2D eigenvalue weighted by atomic mass is 16.7. The van der Waals surface area contributed by atoms with Gasteiger partial charge in [0.2, 0.25) is 0 Å². The largest absolute Gasteiger partial charge is 0.513 e. The van der Waals surface area contributed by atoms with Crippen molar-refractivity contribution >= 4 is 11.8 Å². The van der Waals surface area contributed by atoms with Gasteiger partial charge < -0.3 is 15.2 Å². The first kappa shape index (κ1) is 12.4. The van der Waals surface area contributed by atoms with E-state index in [1.807, 2.05) is 0 Å². The van der Waals surface area contributed by atoms with E-state index in [-0.39, 0.29) is 0 Å². The van der Waals surface area contributed by atoms with Crippen molar-refractivity contribution in [1.82, 2.24) is 0 Å². The molecule has 0 spiro atoms. The first-order valence-electron chi connectivity index (χ1n) is 5.42. The molecule has 0 aliphatic rings. The van der Waals surface area contributed by atoms with Crippen LogP contribution in [0.25, 0.3) is 0 Å². The number of carbonyl (C=O) groups is 1. The van der Waals surface area contributed by atoms with Crippen LogP contribution in [0.2, 0.25) is 0 Å². The van der Waals surface area contributed by atoms with Gasteiger partial charge in [-0.15, -0.1) is 0 Å². The molecule has 1 aromatic rings. The van der Waals surface area contributed by atoms with Gasteiger partial charge in [0.25, 0.3) is 0 Å². The summed E-state index contributed by atoms with van der Waals surface area (Å²) in [5, 5.41) is 0. The second-order valence-electron chi connectivity index (χ2n) is 3.48. The lowest BCUT2D eigenvalue weighted by molar-refractivity contribution is 0.0974. The number of nitrogens with two attached hydrogens (primary N) is 1. The third-order valence-corrected chi connectivity index (χ3v) is 2.05. The van der Waals surface area contributed by atoms with Crippen LogP contribution in [-0.4, -0.2) is 12.8 Å². The molecule has 1 rings (SSSR count). The van der Waals surface area contributed by atoms with Crippen molar-refractivity contribution in [3.63, 3.8) is 0 Å². The fourth-order valence-corrected chi connectivity index (χ4v) is 1.17. The summed E-state index contributed by atoms with van der Waals surface area (Å²) < 4.78 is 9.82. The lowest BCUT2D eigenvalue weighted by Crippen LogP contribution is -2.11. The predicted octanol–water partition coefficient (Wildman–Crippen LogP) is 2.97. The molecule has 2 N–H and O–H groups in total. The number of unbranched alkanes of at least 4 members (excludes halogenated alkanes) is 2. The van der Waals surface area contributed by atoms with Gasteiger partial charge in [-0.05, 0) is 30.7 Å². The Labute approximate surface area is 95.3 Å². The van der Waals surface area contributed by atoms with Crippen LogP contribution in [0, 0.1) is 0 Å². The zero-order valence-corrected chi connectivity index (χ0v) is 9.44. The normalized spacial score (nSPS) is 9.81. The Hall–Kier alpha value is -1.71. The number of rotatable bonds is 5. The Kier molecular flexibility index (Phi) is 5.19. The average molecular weight is 223 g/mol. The van der Waals surface area contributed by atoms with E-state index in [0.717, 1.165) is 19.3 Å². The monoisotopic (exact) mass is 223 g/mol. The molecule has 88 valence electrons. The molecule has 0 heterocycles. The molecule has 0 amide bonds. The van der Waals surface area contributed by atoms with Crippen LogP contribution in [-0.2, 0) is 4.74 Å².